The van der Waals surface area contributed by atoms with Crippen molar-refractivity contribution in [1.82, 2.24) is 20.7 Å². The van der Waals surface area contributed by atoms with E-state index in [1.54, 1.807) is 23.0 Å². The maximum absolute atomic E-state index is 13.0. The average molecular weight is 531 g/mol. The number of hydrogen-bond acceptors (Lipinski definition) is 5. The second kappa shape index (κ2) is 14.5. The highest BCUT2D eigenvalue weighted by atomic mass is 35.5. The molecule has 0 atom stereocenters. The highest BCUT2D eigenvalue weighted by Gasteiger charge is 2.25. The van der Waals surface area contributed by atoms with Gasteiger partial charge in [-0.2, -0.15) is 0 Å². The number of nitrogens with zero attached hydrogens (tertiary/aromatic N) is 3. The lowest BCUT2D eigenvalue weighted by Crippen LogP contribution is -2.47. The minimum absolute atomic E-state index is 0. The van der Waals surface area contributed by atoms with Crippen molar-refractivity contribution in [2.45, 2.75) is 33.0 Å². The molecule has 2 aromatic carbocycles. The third-order valence-corrected chi connectivity index (χ3v) is 5.81. The Labute approximate surface area is 219 Å². The van der Waals surface area contributed by atoms with Crippen molar-refractivity contribution in [2.24, 2.45) is 0 Å². The van der Waals surface area contributed by atoms with Crippen LogP contribution in [-0.2, 0) is 22.7 Å². The van der Waals surface area contributed by atoms with E-state index in [4.69, 9.17) is 11.6 Å². The Morgan fingerprint density at radius 1 is 0.971 bits per heavy atom. The first-order valence-electron chi connectivity index (χ1n) is 10.9. The van der Waals surface area contributed by atoms with Crippen LogP contribution in [0.2, 0.25) is 5.02 Å². The maximum Gasteiger partial charge on any atom is 0.250 e. The van der Waals surface area contributed by atoms with Crippen LogP contribution >= 0.6 is 36.4 Å². The number of carbonyl (C=O) groups excluding carboxylic acids is 2. The summed E-state index contributed by atoms with van der Waals surface area (Å²) in [6, 6.07) is 15.8. The first-order chi connectivity index (χ1) is 15.4. The fraction of sp³-hybridized carbons (Fsp3) is 0.417. The molecule has 2 N–H and O–H groups in total. The number of likely N-dealkylation sites (N-methyl/N-ethyl adjacent to an activating group) is 1. The summed E-state index contributed by atoms with van der Waals surface area (Å²) in [6.45, 7) is 6.80. The molecule has 10 heteroatoms. The predicted octanol–water partition coefficient (Wildman–Crippen LogP) is 3.49. The molecule has 3 rings (SSSR count). The van der Waals surface area contributed by atoms with Crippen LogP contribution in [0.3, 0.4) is 0 Å². The van der Waals surface area contributed by atoms with E-state index in [9.17, 15) is 9.59 Å². The number of benzene rings is 2. The molecule has 0 radical (unpaired) electrons. The normalized spacial score (nSPS) is 12.5. The number of rotatable bonds is 10. The lowest BCUT2D eigenvalue weighted by Gasteiger charge is -2.28. The Morgan fingerprint density at radius 2 is 1.53 bits per heavy atom. The van der Waals surface area contributed by atoms with Gasteiger partial charge in [0.1, 0.15) is 0 Å². The first kappa shape index (κ1) is 30.2. The van der Waals surface area contributed by atoms with E-state index >= 15 is 0 Å². The van der Waals surface area contributed by atoms with Crippen LogP contribution in [0.15, 0.2) is 48.5 Å². The molecule has 0 aliphatic carbocycles. The topological polar surface area (TPSA) is 67.9 Å². The van der Waals surface area contributed by atoms with Gasteiger partial charge in [0.25, 0.3) is 5.91 Å². The summed E-state index contributed by atoms with van der Waals surface area (Å²) in [5.41, 5.74) is 3.14. The second-order valence-corrected chi connectivity index (χ2v) is 8.63. The smallest absolute Gasteiger partial charge is 0.250 e. The number of anilines is 1. The fourth-order valence-electron chi connectivity index (χ4n) is 3.69. The molecule has 0 saturated heterocycles. The molecule has 2 aromatic rings. The van der Waals surface area contributed by atoms with E-state index in [0.717, 1.165) is 0 Å². The Hall–Kier alpha value is -1.87. The number of para-hydroxylation sites is 1. The average Bonchev–Trinajstić information content (AvgIpc) is 3.21. The predicted molar refractivity (Wildman–Crippen MR) is 143 cm³/mol. The van der Waals surface area contributed by atoms with Gasteiger partial charge in [-0.15, -0.1) is 24.8 Å². The molecule has 0 aromatic heterocycles. The minimum atomic E-state index is -0.132. The van der Waals surface area contributed by atoms with Gasteiger partial charge in [-0.1, -0.05) is 61.8 Å². The van der Waals surface area contributed by atoms with Crippen molar-refractivity contribution in [1.29, 1.82) is 0 Å². The highest BCUT2D eigenvalue weighted by Crippen LogP contribution is 2.25. The number of fused-ring (bicyclic) bond motifs is 1. The number of nitrogens with one attached hydrogen (secondary N) is 2. The van der Waals surface area contributed by atoms with Crippen molar-refractivity contribution in [3.05, 3.63) is 64.7 Å². The fourth-order valence-corrected chi connectivity index (χ4v) is 3.92. The van der Waals surface area contributed by atoms with Crippen LogP contribution < -0.4 is 15.5 Å². The zero-order chi connectivity index (χ0) is 23.1. The van der Waals surface area contributed by atoms with Gasteiger partial charge in [0, 0.05) is 39.3 Å². The summed E-state index contributed by atoms with van der Waals surface area (Å²) < 4.78 is 0. The molecule has 34 heavy (non-hydrogen) atoms. The monoisotopic (exact) mass is 529 g/mol. The summed E-state index contributed by atoms with van der Waals surface area (Å²) in [7, 11) is 1.77. The second-order valence-electron chi connectivity index (χ2n) is 8.22. The lowest BCUT2D eigenvalue weighted by molar-refractivity contribution is -0.145. The van der Waals surface area contributed by atoms with Gasteiger partial charge in [0.2, 0.25) is 5.91 Å². The number of hydrazine groups is 1. The van der Waals surface area contributed by atoms with E-state index in [1.165, 1.54) is 11.1 Å². The van der Waals surface area contributed by atoms with Gasteiger partial charge in [0.05, 0.1) is 23.8 Å². The molecule has 1 aliphatic heterocycles. The molecular formula is C24H34Cl3N5O2. The van der Waals surface area contributed by atoms with Crippen molar-refractivity contribution >= 4 is 53.9 Å². The van der Waals surface area contributed by atoms with Crippen molar-refractivity contribution in [3.63, 3.8) is 0 Å². The van der Waals surface area contributed by atoms with Crippen LogP contribution in [0.5, 0.6) is 0 Å². The standard InChI is InChI=1S/C24H32ClN5O2.2ClH/c1-18(2)27-12-13-30(22-11-7-6-10-21(22)25)24(32)15-26-14-23(31)28(3)29-16-19-8-4-5-9-20(19)17-29;;/h4-11,18,26-27H,12-17H2,1-3H3;2*1H. The molecule has 0 unspecified atom stereocenters. The largest absolute Gasteiger partial charge is 0.313 e. The van der Waals surface area contributed by atoms with Crippen molar-refractivity contribution in [2.75, 3.05) is 38.1 Å². The van der Waals surface area contributed by atoms with Crippen LogP contribution in [0.25, 0.3) is 0 Å². The zero-order valence-corrected chi connectivity index (χ0v) is 22.2. The molecule has 2 amide bonds. The number of carbonyl (C=O) groups is 2. The Balaban J connectivity index is 0.00000289. The minimum Gasteiger partial charge on any atom is -0.313 e. The summed E-state index contributed by atoms with van der Waals surface area (Å²) in [6.07, 6.45) is 0. The maximum atomic E-state index is 13.0. The third-order valence-electron chi connectivity index (χ3n) is 5.49. The van der Waals surface area contributed by atoms with Gasteiger partial charge >= 0.3 is 0 Å². The third kappa shape index (κ3) is 8.12. The Kier molecular flexibility index (Phi) is 12.9. The molecule has 0 saturated carbocycles. The van der Waals surface area contributed by atoms with Gasteiger partial charge in [-0.05, 0) is 23.3 Å². The van der Waals surface area contributed by atoms with E-state index in [1.807, 2.05) is 35.3 Å². The molecule has 0 spiro atoms. The highest BCUT2D eigenvalue weighted by molar-refractivity contribution is 6.33. The molecule has 0 bridgehead atoms. The van der Waals surface area contributed by atoms with Crippen molar-refractivity contribution < 1.29 is 9.59 Å². The first-order valence-corrected chi connectivity index (χ1v) is 11.3. The van der Waals surface area contributed by atoms with E-state index in [2.05, 4.69) is 36.6 Å². The van der Waals surface area contributed by atoms with Crippen LogP contribution in [0, 0.1) is 0 Å². The molecule has 1 heterocycles. The SMILES string of the molecule is CC(C)NCCN(C(=O)CNCC(=O)N(C)N1Cc2ccccc2C1)c1ccccc1Cl.Cl.Cl. The van der Waals surface area contributed by atoms with Gasteiger partial charge in [-0.3, -0.25) is 19.9 Å². The van der Waals surface area contributed by atoms with Crippen molar-refractivity contribution in [3.8, 4) is 0 Å². The zero-order valence-electron chi connectivity index (χ0n) is 19.8. The van der Waals surface area contributed by atoms with E-state index in [-0.39, 0.29) is 49.7 Å². The summed E-state index contributed by atoms with van der Waals surface area (Å²) in [5.74, 6) is -0.218. The molecule has 1 aliphatic rings. The van der Waals surface area contributed by atoms with E-state index < -0.39 is 0 Å². The van der Waals surface area contributed by atoms with Crippen LogP contribution in [-0.4, -0.2) is 61.1 Å². The quantitative estimate of drug-likeness (QED) is 0.492. The Bertz CT molecular complexity index is 919. The molecule has 0 fully saturated rings. The summed E-state index contributed by atoms with van der Waals surface area (Å²) >= 11 is 6.34. The molecule has 188 valence electrons. The van der Waals surface area contributed by atoms with E-state index in [0.29, 0.717) is 42.9 Å². The molecule has 7 nitrogen and oxygen atoms in total. The van der Waals surface area contributed by atoms with Gasteiger partial charge < -0.3 is 10.2 Å². The lowest BCUT2D eigenvalue weighted by atomic mass is 10.1. The molecular weight excluding hydrogens is 497 g/mol. The Morgan fingerprint density at radius 3 is 2.12 bits per heavy atom. The van der Waals surface area contributed by atoms with Crippen LogP contribution in [0.4, 0.5) is 5.69 Å². The van der Waals surface area contributed by atoms with Gasteiger partial charge in [-0.25, -0.2) is 5.01 Å². The number of halogens is 3. The number of amides is 2. The van der Waals surface area contributed by atoms with Gasteiger partial charge in [0.15, 0.2) is 0 Å². The number of hydrogen-bond donors (Lipinski definition) is 2. The summed E-state index contributed by atoms with van der Waals surface area (Å²) in [4.78, 5) is 27.3. The summed E-state index contributed by atoms with van der Waals surface area (Å²) in [5, 5.41) is 10.5. The van der Waals surface area contributed by atoms with Crippen LogP contribution in [0.1, 0.15) is 25.0 Å².